The van der Waals surface area contributed by atoms with Crippen molar-refractivity contribution in [2.75, 3.05) is 0 Å². The van der Waals surface area contributed by atoms with Crippen LogP contribution in [-0.2, 0) is 0 Å². The summed E-state index contributed by atoms with van der Waals surface area (Å²) >= 11 is 0. The first-order valence-electron chi connectivity index (χ1n) is 9.92. The van der Waals surface area contributed by atoms with Crippen molar-refractivity contribution in [2.45, 2.75) is 44.4 Å². The van der Waals surface area contributed by atoms with Crippen molar-refractivity contribution in [3.8, 4) is 34.3 Å². The van der Waals surface area contributed by atoms with Crippen LogP contribution in [0, 0.1) is 11.8 Å². The standard InChI is InChI=1S/C21H21FN4O3/c22-20-13-3-1-2-12(8-13)9-18(20)29-19-7-6-16(24-25-19)15-5-4-14(10-17(15)27)21-26-23-11-28-21/h4-7,10-13,18,20,27H,1-3,8-9H2/t12-,13?,18+,20-/m1/s1. The van der Waals surface area contributed by atoms with E-state index in [1.165, 1.54) is 12.5 Å². The molecule has 0 spiro atoms. The molecule has 29 heavy (non-hydrogen) atoms. The fourth-order valence-corrected chi connectivity index (χ4v) is 4.57. The Bertz CT molecular complexity index is 980. The van der Waals surface area contributed by atoms with E-state index in [0.717, 1.165) is 32.1 Å². The summed E-state index contributed by atoms with van der Waals surface area (Å²) in [5.41, 5.74) is 1.61. The highest BCUT2D eigenvalue weighted by Gasteiger charge is 2.41. The fourth-order valence-electron chi connectivity index (χ4n) is 4.57. The van der Waals surface area contributed by atoms with Gasteiger partial charge in [0.05, 0.1) is 5.69 Å². The number of aromatic nitrogens is 4. The Kier molecular flexibility index (Phi) is 4.61. The van der Waals surface area contributed by atoms with Crippen LogP contribution in [0.15, 0.2) is 41.1 Å². The number of phenols is 1. The number of ether oxygens (including phenoxy) is 1. The molecule has 5 rings (SSSR count). The van der Waals surface area contributed by atoms with Gasteiger partial charge in [-0.05, 0) is 55.4 Å². The van der Waals surface area contributed by atoms with Gasteiger partial charge in [0.2, 0.25) is 18.2 Å². The molecule has 150 valence electrons. The average molecular weight is 396 g/mol. The second-order valence-corrected chi connectivity index (χ2v) is 7.86. The second-order valence-electron chi connectivity index (χ2n) is 7.86. The number of hydrogen-bond acceptors (Lipinski definition) is 7. The van der Waals surface area contributed by atoms with Gasteiger partial charge in [0.1, 0.15) is 18.0 Å². The number of phenolic OH excluding ortho intramolecular Hbond substituents is 1. The van der Waals surface area contributed by atoms with Gasteiger partial charge in [-0.25, -0.2) is 4.39 Å². The Morgan fingerprint density at radius 3 is 2.76 bits per heavy atom. The first kappa shape index (κ1) is 18.0. The zero-order valence-corrected chi connectivity index (χ0v) is 15.7. The number of benzene rings is 1. The molecule has 0 aliphatic heterocycles. The molecule has 3 aromatic rings. The summed E-state index contributed by atoms with van der Waals surface area (Å²) in [5.74, 6) is 1.30. The highest BCUT2D eigenvalue weighted by atomic mass is 19.1. The molecule has 7 nitrogen and oxygen atoms in total. The van der Waals surface area contributed by atoms with Crippen LogP contribution < -0.4 is 4.74 Å². The summed E-state index contributed by atoms with van der Waals surface area (Å²) < 4.78 is 25.7. The van der Waals surface area contributed by atoms with Crippen LogP contribution in [0.4, 0.5) is 4.39 Å². The fraction of sp³-hybridized carbons (Fsp3) is 0.429. The normalized spacial score (nSPS) is 26.2. The van der Waals surface area contributed by atoms with E-state index in [1.807, 2.05) is 0 Å². The monoisotopic (exact) mass is 396 g/mol. The van der Waals surface area contributed by atoms with Gasteiger partial charge in [0, 0.05) is 17.2 Å². The van der Waals surface area contributed by atoms with E-state index in [1.54, 1.807) is 24.3 Å². The van der Waals surface area contributed by atoms with Crippen molar-refractivity contribution >= 4 is 0 Å². The summed E-state index contributed by atoms with van der Waals surface area (Å²) in [6.07, 6.45) is 4.75. The first-order chi connectivity index (χ1) is 14.2. The molecule has 2 saturated carbocycles. The molecule has 2 bridgehead atoms. The molecule has 2 aliphatic carbocycles. The van der Waals surface area contributed by atoms with Crippen LogP contribution in [0.2, 0.25) is 0 Å². The molecule has 0 radical (unpaired) electrons. The lowest BCUT2D eigenvalue weighted by Crippen LogP contribution is -2.43. The average Bonchev–Trinajstić information content (AvgIpc) is 3.28. The van der Waals surface area contributed by atoms with Crippen LogP contribution in [0.5, 0.6) is 11.6 Å². The van der Waals surface area contributed by atoms with Crippen LogP contribution in [0.25, 0.3) is 22.7 Å². The van der Waals surface area contributed by atoms with Crippen molar-refractivity contribution in [1.82, 2.24) is 20.4 Å². The van der Waals surface area contributed by atoms with Gasteiger partial charge in [0.15, 0.2) is 0 Å². The predicted octanol–water partition coefficient (Wildman–Crippen LogP) is 4.19. The molecule has 1 aromatic carbocycles. The van der Waals surface area contributed by atoms with Gasteiger partial charge >= 0.3 is 0 Å². The first-order valence-corrected chi connectivity index (χ1v) is 9.92. The third-order valence-electron chi connectivity index (χ3n) is 5.99. The van der Waals surface area contributed by atoms with Crippen molar-refractivity contribution in [3.05, 3.63) is 36.7 Å². The number of fused-ring (bicyclic) bond motifs is 2. The molecule has 2 fully saturated rings. The highest BCUT2D eigenvalue weighted by molar-refractivity contribution is 5.71. The van der Waals surface area contributed by atoms with Gasteiger partial charge < -0.3 is 14.3 Å². The number of hydrogen-bond donors (Lipinski definition) is 1. The minimum atomic E-state index is -0.950. The summed E-state index contributed by atoms with van der Waals surface area (Å²) in [6.45, 7) is 0. The topological polar surface area (TPSA) is 94.2 Å². The van der Waals surface area contributed by atoms with E-state index < -0.39 is 12.3 Å². The van der Waals surface area contributed by atoms with Crippen molar-refractivity contribution < 1.29 is 18.7 Å². The molecule has 8 heteroatoms. The van der Waals surface area contributed by atoms with E-state index in [0.29, 0.717) is 34.5 Å². The molecule has 0 amide bonds. The molecule has 2 aromatic heterocycles. The minimum absolute atomic E-state index is 0.0209. The third kappa shape index (κ3) is 3.54. The van der Waals surface area contributed by atoms with Gasteiger partial charge in [-0.1, -0.05) is 12.8 Å². The smallest absolute Gasteiger partial charge is 0.247 e. The van der Waals surface area contributed by atoms with E-state index in [9.17, 15) is 9.50 Å². The van der Waals surface area contributed by atoms with Crippen molar-refractivity contribution in [2.24, 2.45) is 11.8 Å². The van der Waals surface area contributed by atoms with Gasteiger partial charge in [-0.3, -0.25) is 0 Å². The Hall–Kier alpha value is -3.03. The summed E-state index contributed by atoms with van der Waals surface area (Å²) in [7, 11) is 0. The maximum absolute atomic E-state index is 14.7. The molecule has 1 N–H and O–H groups in total. The SMILES string of the molecule is Oc1cc(-c2nnco2)ccc1-c1ccc(O[C@H]2C[C@@H]3CCCC(C3)[C@H]2F)nn1. The highest BCUT2D eigenvalue weighted by Crippen LogP contribution is 2.42. The van der Waals surface area contributed by atoms with Crippen LogP contribution >= 0.6 is 0 Å². The predicted molar refractivity (Wildman–Crippen MR) is 102 cm³/mol. The van der Waals surface area contributed by atoms with E-state index in [-0.39, 0.29) is 11.7 Å². The Morgan fingerprint density at radius 1 is 1.07 bits per heavy atom. The Balaban J connectivity index is 1.31. The summed E-state index contributed by atoms with van der Waals surface area (Å²) in [5, 5.41) is 26.1. The number of rotatable bonds is 4. The van der Waals surface area contributed by atoms with E-state index in [2.05, 4.69) is 20.4 Å². The van der Waals surface area contributed by atoms with E-state index in [4.69, 9.17) is 9.15 Å². The quantitative estimate of drug-likeness (QED) is 0.706. The van der Waals surface area contributed by atoms with Gasteiger partial charge in [0.25, 0.3) is 0 Å². The molecule has 2 heterocycles. The summed E-state index contributed by atoms with van der Waals surface area (Å²) in [6, 6.07) is 8.37. The largest absolute Gasteiger partial charge is 0.507 e. The molecule has 4 atom stereocenters. The molecule has 0 saturated heterocycles. The molecule has 1 unspecified atom stereocenters. The Labute approximate surface area is 167 Å². The molecule has 2 aliphatic rings. The number of alkyl halides is 1. The number of halogens is 1. The van der Waals surface area contributed by atoms with Crippen molar-refractivity contribution in [3.63, 3.8) is 0 Å². The number of nitrogens with zero attached hydrogens (tertiary/aromatic N) is 4. The van der Waals surface area contributed by atoms with Gasteiger partial charge in [-0.15, -0.1) is 20.4 Å². The lowest BCUT2D eigenvalue weighted by molar-refractivity contribution is -0.0216. The molecular formula is C21H21FN4O3. The summed E-state index contributed by atoms with van der Waals surface area (Å²) in [4.78, 5) is 0. The van der Waals surface area contributed by atoms with Crippen LogP contribution in [0.3, 0.4) is 0 Å². The van der Waals surface area contributed by atoms with Crippen molar-refractivity contribution in [1.29, 1.82) is 0 Å². The van der Waals surface area contributed by atoms with Crippen LogP contribution in [-0.4, -0.2) is 37.8 Å². The Morgan fingerprint density at radius 2 is 2.00 bits per heavy atom. The maximum Gasteiger partial charge on any atom is 0.247 e. The lowest BCUT2D eigenvalue weighted by Gasteiger charge is -2.41. The van der Waals surface area contributed by atoms with E-state index >= 15 is 0 Å². The third-order valence-corrected chi connectivity index (χ3v) is 5.99. The van der Waals surface area contributed by atoms with Crippen LogP contribution in [0.1, 0.15) is 32.1 Å². The minimum Gasteiger partial charge on any atom is -0.507 e. The number of aromatic hydroxyl groups is 1. The maximum atomic E-state index is 14.7. The lowest BCUT2D eigenvalue weighted by atomic mass is 9.70. The second kappa shape index (κ2) is 7.42. The van der Waals surface area contributed by atoms with Gasteiger partial charge in [-0.2, -0.15) is 0 Å². The zero-order chi connectivity index (χ0) is 19.8. The molecular weight excluding hydrogens is 375 g/mol. The zero-order valence-electron chi connectivity index (χ0n) is 15.7.